The van der Waals surface area contributed by atoms with Gasteiger partial charge in [0.15, 0.2) is 0 Å². The summed E-state index contributed by atoms with van der Waals surface area (Å²) in [7, 11) is 0. The quantitative estimate of drug-likeness (QED) is 0.774. The maximum Gasteiger partial charge on any atom is 0.254 e. The number of aromatic nitrogens is 1. The van der Waals surface area contributed by atoms with Crippen molar-refractivity contribution >= 4 is 16.8 Å². The fourth-order valence-electron chi connectivity index (χ4n) is 2.21. The fourth-order valence-corrected chi connectivity index (χ4v) is 2.21. The molecule has 1 amide bonds. The Morgan fingerprint density at radius 3 is 2.47 bits per heavy atom. The number of hydrogen-bond donors (Lipinski definition) is 2. The van der Waals surface area contributed by atoms with Crippen molar-refractivity contribution in [2.75, 3.05) is 0 Å². The van der Waals surface area contributed by atoms with Crippen LogP contribution in [-0.4, -0.2) is 21.4 Å². The lowest BCUT2D eigenvalue weighted by molar-refractivity contribution is 0.0917. The Kier molecular flexibility index (Phi) is 3.04. The van der Waals surface area contributed by atoms with Gasteiger partial charge >= 0.3 is 0 Å². The van der Waals surface area contributed by atoms with Crippen LogP contribution in [0.2, 0.25) is 0 Å². The summed E-state index contributed by atoms with van der Waals surface area (Å²) in [6, 6.07) is 5.66. The van der Waals surface area contributed by atoms with Crippen molar-refractivity contribution in [1.29, 1.82) is 0 Å². The normalized spacial score (nSPS) is 11.8. The van der Waals surface area contributed by atoms with Gasteiger partial charge in [-0.25, -0.2) is 0 Å². The van der Waals surface area contributed by atoms with Crippen LogP contribution in [0.4, 0.5) is 0 Å². The van der Waals surface area contributed by atoms with Gasteiger partial charge in [-0.1, -0.05) is 11.6 Å². The van der Waals surface area contributed by atoms with Gasteiger partial charge in [0, 0.05) is 10.9 Å². The minimum atomic E-state index is -0.308. The summed E-state index contributed by atoms with van der Waals surface area (Å²) in [5.41, 5.74) is 2.50. The fraction of sp³-hybridized carbons (Fsp3) is 0.400. The smallest absolute Gasteiger partial charge is 0.254 e. The molecule has 0 unspecified atom stereocenters. The third-order valence-electron chi connectivity index (χ3n) is 3.04. The molecular formula is C15H20N2O2. The molecule has 102 valence electrons. The van der Waals surface area contributed by atoms with Crippen LogP contribution >= 0.6 is 0 Å². The van der Waals surface area contributed by atoms with E-state index in [-0.39, 0.29) is 11.4 Å². The van der Waals surface area contributed by atoms with Crippen LogP contribution in [0.5, 0.6) is 0 Å². The first kappa shape index (κ1) is 13.5. The van der Waals surface area contributed by atoms with Crippen molar-refractivity contribution in [3.05, 3.63) is 35.0 Å². The van der Waals surface area contributed by atoms with Crippen LogP contribution in [0.1, 0.15) is 42.4 Å². The third-order valence-corrected chi connectivity index (χ3v) is 3.04. The number of nitrogens with one attached hydrogen (secondary N) is 1. The number of aryl methyl sites for hydroxylation is 1. The average molecular weight is 260 g/mol. The van der Waals surface area contributed by atoms with Gasteiger partial charge in [0.05, 0.1) is 16.8 Å². The number of carbonyl (C=O) groups is 1. The zero-order valence-electron chi connectivity index (χ0n) is 12.0. The van der Waals surface area contributed by atoms with Crippen molar-refractivity contribution in [3.8, 4) is 0 Å². The molecule has 0 saturated heterocycles. The first-order chi connectivity index (χ1) is 8.70. The Balaban J connectivity index is 2.62. The van der Waals surface area contributed by atoms with Crippen molar-refractivity contribution in [2.45, 2.75) is 40.2 Å². The Morgan fingerprint density at radius 2 is 1.89 bits per heavy atom. The van der Waals surface area contributed by atoms with Gasteiger partial charge in [-0.15, -0.1) is 0 Å². The zero-order valence-corrected chi connectivity index (χ0v) is 12.0. The molecule has 0 spiro atoms. The van der Waals surface area contributed by atoms with Crippen LogP contribution in [0, 0.1) is 13.8 Å². The molecule has 0 saturated carbocycles. The lowest BCUT2D eigenvalue weighted by Crippen LogP contribution is -2.40. The van der Waals surface area contributed by atoms with E-state index in [1.807, 2.05) is 45.9 Å². The Hall–Kier alpha value is -1.97. The molecule has 0 bridgehead atoms. The van der Waals surface area contributed by atoms with Crippen molar-refractivity contribution < 1.29 is 10.0 Å². The minimum Gasteiger partial charge on any atom is -0.428 e. The van der Waals surface area contributed by atoms with Crippen LogP contribution in [0.25, 0.3) is 10.9 Å². The summed E-state index contributed by atoms with van der Waals surface area (Å²) in [6.07, 6.45) is 0. The van der Waals surface area contributed by atoms with Gasteiger partial charge in [0.1, 0.15) is 0 Å². The number of fused-ring (bicyclic) bond motifs is 1. The van der Waals surface area contributed by atoms with E-state index in [1.165, 1.54) is 0 Å². The molecule has 4 heteroatoms. The molecule has 0 aliphatic rings. The van der Waals surface area contributed by atoms with Gasteiger partial charge < -0.3 is 10.5 Å². The Bertz CT molecular complexity index is 648. The maximum atomic E-state index is 12.4. The van der Waals surface area contributed by atoms with Crippen molar-refractivity contribution in [3.63, 3.8) is 0 Å². The van der Waals surface area contributed by atoms with E-state index in [9.17, 15) is 10.0 Å². The van der Waals surface area contributed by atoms with E-state index in [0.29, 0.717) is 16.8 Å². The number of hydrogen-bond acceptors (Lipinski definition) is 2. The van der Waals surface area contributed by atoms with E-state index in [4.69, 9.17) is 0 Å². The molecule has 0 radical (unpaired) electrons. The summed E-state index contributed by atoms with van der Waals surface area (Å²) in [6.45, 7) is 9.51. The third kappa shape index (κ3) is 2.43. The molecule has 0 fully saturated rings. The van der Waals surface area contributed by atoms with Crippen molar-refractivity contribution in [2.24, 2.45) is 0 Å². The Labute approximate surface area is 113 Å². The molecule has 0 aliphatic carbocycles. The lowest BCUT2D eigenvalue weighted by Gasteiger charge is -2.20. The van der Waals surface area contributed by atoms with Crippen LogP contribution in [0.3, 0.4) is 0 Å². The number of benzene rings is 1. The molecule has 19 heavy (non-hydrogen) atoms. The summed E-state index contributed by atoms with van der Waals surface area (Å²) in [4.78, 5) is 12.4. The summed E-state index contributed by atoms with van der Waals surface area (Å²) in [5.74, 6) is -0.159. The molecule has 2 N–H and O–H groups in total. The summed E-state index contributed by atoms with van der Waals surface area (Å²) < 4.78 is 1.08. The van der Waals surface area contributed by atoms with Crippen molar-refractivity contribution in [1.82, 2.24) is 10.0 Å². The van der Waals surface area contributed by atoms with Gasteiger partial charge in [0.25, 0.3) is 5.91 Å². The van der Waals surface area contributed by atoms with E-state index in [1.54, 1.807) is 6.92 Å². The SMILES string of the molecule is Cc1ccc2c(c1)c(C(=O)NC(C)(C)C)c(C)n2O. The molecule has 2 aromatic rings. The monoisotopic (exact) mass is 260 g/mol. The predicted octanol–water partition coefficient (Wildman–Crippen LogP) is 3.02. The van der Waals surface area contributed by atoms with Gasteiger partial charge in [-0.2, -0.15) is 4.73 Å². The summed E-state index contributed by atoms with van der Waals surface area (Å²) >= 11 is 0. The number of carbonyl (C=O) groups excluding carboxylic acids is 1. The number of rotatable bonds is 1. The largest absolute Gasteiger partial charge is 0.428 e. The topological polar surface area (TPSA) is 54.3 Å². The molecular weight excluding hydrogens is 240 g/mol. The van der Waals surface area contributed by atoms with Gasteiger partial charge in [0.2, 0.25) is 0 Å². The molecule has 1 aromatic heterocycles. The van der Waals surface area contributed by atoms with Crippen LogP contribution < -0.4 is 5.32 Å². The highest BCUT2D eigenvalue weighted by atomic mass is 16.5. The van der Waals surface area contributed by atoms with Crippen LogP contribution in [0.15, 0.2) is 18.2 Å². The molecule has 1 heterocycles. The van der Waals surface area contributed by atoms with Gasteiger partial charge in [-0.05, 0) is 46.8 Å². The molecule has 2 rings (SSSR count). The van der Waals surface area contributed by atoms with E-state index in [0.717, 1.165) is 15.7 Å². The van der Waals surface area contributed by atoms with E-state index >= 15 is 0 Å². The second-order valence-electron chi connectivity index (χ2n) is 6.00. The van der Waals surface area contributed by atoms with E-state index in [2.05, 4.69) is 5.32 Å². The molecule has 0 atom stereocenters. The first-order valence-electron chi connectivity index (χ1n) is 6.34. The molecule has 4 nitrogen and oxygen atoms in total. The highest BCUT2D eigenvalue weighted by Crippen LogP contribution is 2.26. The zero-order chi connectivity index (χ0) is 14.4. The highest BCUT2D eigenvalue weighted by molar-refractivity contribution is 6.08. The standard InChI is InChI=1S/C15H20N2O2/c1-9-6-7-12-11(8-9)13(10(2)17(12)19)14(18)16-15(3,4)5/h6-8,19H,1-5H3,(H,16,18). The lowest BCUT2D eigenvalue weighted by atomic mass is 10.0. The number of amides is 1. The van der Waals surface area contributed by atoms with Gasteiger partial charge in [-0.3, -0.25) is 4.79 Å². The van der Waals surface area contributed by atoms with E-state index < -0.39 is 0 Å². The second-order valence-corrected chi connectivity index (χ2v) is 6.00. The first-order valence-corrected chi connectivity index (χ1v) is 6.34. The predicted molar refractivity (Wildman–Crippen MR) is 75.8 cm³/mol. The highest BCUT2D eigenvalue weighted by Gasteiger charge is 2.23. The molecule has 1 aromatic carbocycles. The molecule has 0 aliphatic heterocycles. The average Bonchev–Trinajstić information content (AvgIpc) is 2.48. The minimum absolute atomic E-state index is 0.159. The maximum absolute atomic E-state index is 12.4. The Morgan fingerprint density at radius 1 is 1.26 bits per heavy atom. The number of nitrogens with zero attached hydrogens (tertiary/aromatic N) is 1. The second kappa shape index (κ2) is 4.30. The van der Waals surface area contributed by atoms with Crippen LogP contribution in [-0.2, 0) is 0 Å². The summed E-state index contributed by atoms with van der Waals surface area (Å²) in [5, 5.41) is 13.8.